The molecule has 3 fully saturated rings. The maximum absolute atomic E-state index is 15.2. The molecule has 1 unspecified atom stereocenters. The van der Waals surface area contributed by atoms with Gasteiger partial charge in [0.15, 0.2) is 0 Å². The van der Waals surface area contributed by atoms with Crippen molar-refractivity contribution < 1.29 is 13.9 Å². The third-order valence-corrected chi connectivity index (χ3v) is 10.2. The largest absolute Gasteiger partial charge is 0.382 e. The molecule has 0 bridgehead atoms. The van der Waals surface area contributed by atoms with E-state index in [-0.39, 0.29) is 24.2 Å². The quantitative estimate of drug-likeness (QED) is 0.310. The molecule has 1 aromatic carbocycles. The van der Waals surface area contributed by atoms with Crippen molar-refractivity contribution in [1.29, 1.82) is 0 Å². The first-order chi connectivity index (χ1) is 16.7. The molecule has 5 aliphatic carbocycles. The van der Waals surface area contributed by atoms with Gasteiger partial charge in [0.1, 0.15) is 5.60 Å². The highest BCUT2D eigenvalue weighted by Crippen LogP contribution is 2.69. The number of allylic oxidation sites excluding steroid dienone is 4. The van der Waals surface area contributed by atoms with Gasteiger partial charge in [0.2, 0.25) is 0 Å². The van der Waals surface area contributed by atoms with Gasteiger partial charge in [-0.1, -0.05) is 36.8 Å². The van der Waals surface area contributed by atoms with Crippen molar-refractivity contribution in [2.45, 2.75) is 88.1 Å². The van der Waals surface area contributed by atoms with Crippen molar-refractivity contribution in [1.82, 2.24) is 0 Å². The van der Waals surface area contributed by atoms with Crippen LogP contribution in [0.2, 0.25) is 0 Å². The fraction of sp³-hybridized carbons (Fsp3) is 0.567. The lowest BCUT2D eigenvalue weighted by atomic mass is 9.50. The van der Waals surface area contributed by atoms with Gasteiger partial charge >= 0.3 is 5.92 Å². The number of alkyl halides is 2. The number of hydrogen-bond acceptors (Lipinski definition) is 3. The molecule has 3 saturated carbocycles. The van der Waals surface area contributed by atoms with E-state index >= 15 is 8.78 Å². The molecule has 0 heterocycles. The zero-order valence-electron chi connectivity index (χ0n) is 20.4. The summed E-state index contributed by atoms with van der Waals surface area (Å²) in [5.74, 6) is 4.52. The summed E-state index contributed by atoms with van der Waals surface area (Å²) in [7, 11) is 0. The topological polar surface area (TPSA) is 58.6 Å². The number of terminal acetylenes is 1. The summed E-state index contributed by atoms with van der Waals surface area (Å²) >= 11 is 0. The summed E-state index contributed by atoms with van der Waals surface area (Å²) in [6, 6.07) is 8.84. The van der Waals surface area contributed by atoms with Gasteiger partial charge in [0.25, 0.3) is 0 Å². The van der Waals surface area contributed by atoms with Gasteiger partial charge in [-0.05, 0) is 110 Å². The first-order valence-corrected chi connectivity index (χ1v) is 13.1. The van der Waals surface area contributed by atoms with E-state index in [1.54, 1.807) is 5.92 Å². The average Bonchev–Trinajstić information content (AvgIpc) is 3.68. The Morgan fingerprint density at radius 3 is 2.46 bits per heavy atom. The SMILES string of the molecule is C#CC(F)(F)[C@]1(O)CC[C@H]2[C@@H]3CCC4=C/C(=N/N)CCC4=C3C(c3ccc(C4CC4)cc3)C[C@@]21C. The van der Waals surface area contributed by atoms with E-state index < -0.39 is 16.9 Å². The van der Waals surface area contributed by atoms with Gasteiger partial charge in [-0.3, -0.25) is 0 Å². The first-order valence-electron chi connectivity index (χ1n) is 13.1. The maximum atomic E-state index is 15.2. The summed E-state index contributed by atoms with van der Waals surface area (Å²) in [5.41, 5.74) is 4.40. The second kappa shape index (κ2) is 7.77. The lowest BCUT2D eigenvalue weighted by molar-refractivity contribution is -0.209. The van der Waals surface area contributed by atoms with E-state index in [0.717, 1.165) is 31.4 Å². The van der Waals surface area contributed by atoms with Crippen LogP contribution < -0.4 is 5.84 Å². The van der Waals surface area contributed by atoms with Crippen LogP contribution in [0.15, 0.2) is 52.2 Å². The molecule has 1 aromatic rings. The summed E-state index contributed by atoms with van der Waals surface area (Å²) in [6.45, 7) is 1.88. The van der Waals surface area contributed by atoms with E-state index in [1.807, 2.05) is 6.92 Å². The predicted molar refractivity (Wildman–Crippen MR) is 134 cm³/mol. The summed E-state index contributed by atoms with van der Waals surface area (Å²) in [5, 5.41) is 15.6. The van der Waals surface area contributed by atoms with Crippen LogP contribution in [0.1, 0.15) is 87.7 Å². The summed E-state index contributed by atoms with van der Waals surface area (Å²) in [4.78, 5) is 0. The molecule has 184 valence electrons. The Labute approximate surface area is 206 Å². The Morgan fingerprint density at radius 2 is 1.80 bits per heavy atom. The third-order valence-electron chi connectivity index (χ3n) is 10.2. The highest BCUT2D eigenvalue weighted by atomic mass is 19.3. The fourth-order valence-electron chi connectivity index (χ4n) is 8.13. The van der Waals surface area contributed by atoms with Crippen molar-refractivity contribution in [3.05, 3.63) is 58.2 Å². The molecule has 0 spiro atoms. The van der Waals surface area contributed by atoms with Crippen molar-refractivity contribution >= 4 is 5.71 Å². The van der Waals surface area contributed by atoms with Gasteiger partial charge in [0, 0.05) is 11.3 Å². The predicted octanol–water partition coefficient (Wildman–Crippen LogP) is 6.21. The van der Waals surface area contributed by atoms with Crippen molar-refractivity contribution in [3.63, 3.8) is 0 Å². The zero-order chi connectivity index (χ0) is 24.6. The molecule has 3 N–H and O–H groups in total. The van der Waals surface area contributed by atoms with Crippen molar-refractivity contribution in [2.75, 3.05) is 0 Å². The Morgan fingerprint density at radius 1 is 1.09 bits per heavy atom. The molecule has 5 aliphatic rings. The number of hydrogen-bond donors (Lipinski definition) is 2. The number of nitrogens with zero attached hydrogens (tertiary/aromatic N) is 1. The minimum Gasteiger partial charge on any atom is -0.382 e. The smallest absolute Gasteiger partial charge is 0.336 e. The van der Waals surface area contributed by atoms with Gasteiger partial charge in [-0.2, -0.15) is 13.9 Å². The van der Waals surface area contributed by atoms with Gasteiger partial charge < -0.3 is 10.9 Å². The fourth-order valence-corrected chi connectivity index (χ4v) is 8.13. The number of fused-ring (bicyclic) bond motifs is 4. The van der Waals surface area contributed by atoms with E-state index in [9.17, 15) is 5.11 Å². The molecule has 5 atom stereocenters. The Balaban J connectivity index is 1.50. The van der Waals surface area contributed by atoms with Crippen LogP contribution in [0.5, 0.6) is 0 Å². The van der Waals surface area contributed by atoms with E-state index in [4.69, 9.17) is 12.3 Å². The van der Waals surface area contributed by atoms with E-state index in [1.165, 1.54) is 40.7 Å². The minimum atomic E-state index is -3.56. The number of hydrazone groups is 1. The Hall–Kier alpha value is -2.45. The first kappa shape index (κ1) is 23.0. The summed E-state index contributed by atoms with van der Waals surface area (Å²) in [6.07, 6.45) is 14.5. The van der Waals surface area contributed by atoms with E-state index in [0.29, 0.717) is 18.8 Å². The van der Waals surface area contributed by atoms with Crippen molar-refractivity contribution in [2.24, 2.45) is 28.2 Å². The second-order valence-electron chi connectivity index (χ2n) is 11.7. The van der Waals surface area contributed by atoms with Gasteiger partial charge in [-0.25, -0.2) is 0 Å². The minimum absolute atomic E-state index is 0.0113. The van der Waals surface area contributed by atoms with Crippen molar-refractivity contribution in [3.8, 4) is 12.3 Å². The van der Waals surface area contributed by atoms with Gasteiger partial charge in [0.05, 0.1) is 5.71 Å². The second-order valence-corrected chi connectivity index (χ2v) is 11.7. The van der Waals surface area contributed by atoms with Crippen LogP contribution in [0.3, 0.4) is 0 Å². The molecule has 5 heteroatoms. The lowest BCUT2D eigenvalue weighted by Crippen LogP contribution is -2.60. The standard InChI is InChI=1S/C30H34F2N2O/c1-3-30(31,32)29(35)15-14-26-24-12-10-21-16-22(34-33)11-13-23(21)27(24)25(17-28(26,29)2)20-8-6-19(7-9-20)18-4-5-18/h1,6-9,16,18,24-26,35H,4-5,10-15,17,33H2,2H3/b34-22+/t24-,25?,26-,28-,29-/m0/s1. The van der Waals surface area contributed by atoms with Crippen LogP contribution >= 0.6 is 0 Å². The maximum Gasteiger partial charge on any atom is 0.336 e. The third kappa shape index (κ3) is 3.22. The Kier molecular flexibility index (Phi) is 5.10. The highest BCUT2D eigenvalue weighted by molar-refractivity contribution is 5.97. The van der Waals surface area contributed by atoms with Crippen LogP contribution in [0.25, 0.3) is 0 Å². The lowest BCUT2D eigenvalue weighted by Gasteiger charge is -2.55. The number of nitrogens with two attached hydrogens (primary N) is 1. The molecule has 0 radical (unpaired) electrons. The molecule has 0 aromatic heterocycles. The van der Waals surface area contributed by atoms with Crippen LogP contribution in [-0.4, -0.2) is 22.3 Å². The van der Waals surface area contributed by atoms with Crippen LogP contribution in [-0.2, 0) is 0 Å². The van der Waals surface area contributed by atoms with Crippen LogP contribution in [0, 0.1) is 29.6 Å². The molecule has 0 aliphatic heterocycles. The number of rotatable bonds is 3. The van der Waals surface area contributed by atoms with Gasteiger partial charge in [-0.15, -0.1) is 6.42 Å². The molecule has 3 nitrogen and oxygen atoms in total. The average molecular weight is 477 g/mol. The van der Waals surface area contributed by atoms with E-state index in [2.05, 4.69) is 35.4 Å². The molecule has 35 heavy (non-hydrogen) atoms. The number of halogens is 2. The molecule has 0 saturated heterocycles. The number of benzene rings is 1. The highest BCUT2D eigenvalue weighted by Gasteiger charge is 2.71. The zero-order valence-corrected chi connectivity index (χ0v) is 20.4. The number of aliphatic hydroxyl groups is 1. The molecule has 0 amide bonds. The molecular weight excluding hydrogens is 442 g/mol. The molecule has 6 rings (SSSR count). The monoisotopic (exact) mass is 476 g/mol. The van der Waals surface area contributed by atoms with Crippen LogP contribution in [0.4, 0.5) is 8.78 Å². The normalized spacial score (nSPS) is 37.9. The Bertz CT molecular complexity index is 1190. The summed E-state index contributed by atoms with van der Waals surface area (Å²) < 4.78 is 30.4. The molecular formula is C30H34F2N2O.